The first kappa shape index (κ1) is 32.4. The molecule has 3 heteroatoms. The number of benzene rings is 7. The predicted molar refractivity (Wildman–Crippen MR) is 227 cm³/mol. The largest absolute Gasteiger partial charge is 0.456 e. The van der Waals surface area contributed by atoms with Crippen LogP contribution in [-0.4, -0.2) is 0 Å². The van der Waals surface area contributed by atoms with Crippen LogP contribution in [0.3, 0.4) is 0 Å². The highest BCUT2D eigenvalue weighted by atomic mass is 16.3. The standard InChI is InChI=1S/C52H44N2O/c1-4-12-42(13-5-1)53(43-14-6-2-7-15-43)45-24-20-38(21-25-45)52(40-31-36-30-37(33-40)34-41(52)32-36)39-22-26-46(27-23-39)54(44-16-8-3-9-17-44)47-28-29-49-48-18-10-11-19-50(48)55-51(49)35-47/h1-29,35-37,40-41H,30-34H2. The van der Waals surface area contributed by atoms with Gasteiger partial charge in [0.05, 0.1) is 0 Å². The first-order valence-electron chi connectivity index (χ1n) is 20.1. The van der Waals surface area contributed by atoms with Crippen LogP contribution in [0, 0.1) is 23.7 Å². The molecule has 4 aliphatic carbocycles. The van der Waals surface area contributed by atoms with Crippen molar-refractivity contribution in [2.75, 3.05) is 9.80 Å². The van der Waals surface area contributed by atoms with Gasteiger partial charge in [-0.2, -0.15) is 0 Å². The lowest BCUT2D eigenvalue weighted by Gasteiger charge is -2.62. The van der Waals surface area contributed by atoms with E-state index in [1.165, 1.54) is 60.3 Å². The molecule has 0 unspecified atom stereocenters. The van der Waals surface area contributed by atoms with Crippen molar-refractivity contribution in [3.63, 3.8) is 0 Å². The number of fused-ring (bicyclic) bond motifs is 3. The van der Waals surface area contributed by atoms with E-state index in [1.54, 1.807) is 0 Å². The summed E-state index contributed by atoms with van der Waals surface area (Å²) in [6.45, 7) is 0. The van der Waals surface area contributed by atoms with Gasteiger partial charge in [0.15, 0.2) is 0 Å². The van der Waals surface area contributed by atoms with Gasteiger partial charge in [0.2, 0.25) is 0 Å². The highest BCUT2D eigenvalue weighted by Crippen LogP contribution is 2.65. The Morgan fingerprint density at radius 1 is 0.364 bits per heavy atom. The third-order valence-corrected chi connectivity index (χ3v) is 13.3. The molecule has 268 valence electrons. The molecule has 0 atom stereocenters. The maximum absolute atomic E-state index is 6.37. The lowest BCUT2D eigenvalue weighted by atomic mass is 9.42. The molecule has 0 aliphatic heterocycles. The van der Waals surface area contributed by atoms with Crippen molar-refractivity contribution in [3.8, 4) is 0 Å². The van der Waals surface area contributed by atoms with E-state index in [1.807, 2.05) is 6.07 Å². The molecular formula is C52H44N2O. The zero-order chi connectivity index (χ0) is 36.3. The number of para-hydroxylation sites is 4. The molecule has 4 aliphatic rings. The summed E-state index contributed by atoms with van der Waals surface area (Å²) in [6.07, 6.45) is 6.79. The predicted octanol–water partition coefficient (Wildman–Crippen LogP) is 14.3. The molecular weight excluding hydrogens is 669 g/mol. The van der Waals surface area contributed by atoms with Crippen LogP contribution in [0.25, 0.3) is 21.9 Å². The van der Waals surface area contributed by atoms with E-state index in [2.05, 4.69) is 186 Å². The summed E-state index contributed by atoms with van der Waals surface area (Å²) >= 11 is 0. The monoisotopic (exact) mass is 712 g/mol. The molecule has 55 heavy (non-hydrogen) atoms. The maximum atomic E-state index is 6.37. The van der Waals surface area contributed by atoms with Crippen molar-refractivity contribution < 1.29 is 4.42 Å². The van der Waals surface area contributed by atoms with Gasteiger partial charge in [0.25, 0.3) is 0 Å². The molecule has 7 aromatic carbocycles. The molecule has 0 spiro atoms. The summed E-state index contributed by atoms with van der Waals surface area (Å²) < 4.78 is 6.37. The summed E-state index contributed by atoms with van der Waals surface area (Å²) in [5.41, 5.74) is 11.7. The number of rotatable bonds is 8. The number of furan rings is 1. The number of anilines is 6. The van der Waals surface area contributed by atoms with Crippen LogP contribution in [-0.2, 0) is 5.41 Å². The fourth-order valence-electron chi connectivity index (χ4n) is 11.3. The fourth-order valence-corrected chi connectivity index (χ4v) is 11.3. The molecule has 0 saturated heterocycles. The Morgan fingerprint density at radius 2 is 0.764 bits per heavy atom. The molecule has 3 nitrogen and oxygen atoms in total. The molecule has 0 N–H and O–H groups in total. The topological polar surface area (TPSA) is 19.6 Å². The molecule has 4 fully saturated rings. The third-order valence-electron chi connectivity index (χ3n) is 13.3. The van der Waals surface area contributed by atoms with Gasteiger partial charge in [-0.15, -0.1) is 0 Å². The van der Waals surface area contributed by atoms with E-state index in [0.29, 0.717) is 11.8 Å². The lowest BCUT2D eigenvalue weighted by Crippen LogP contribution is -2.56. The normalized spacial score (nSPS) is 22.6. The second-order valence-electron chi connectivity index (χ2n) is 16.2. The van der Waals surface area contributed by atoms with E-state index in [9.17, 15) is 0 Å². The smallest absolute Gasteiger partial charge is 0.137 e. The zero-order valence-corrected chi connectivity index (χ0v) is 31.0. The molecule has 4 bridgehead atoms. The molecule has 8 aromatic rings. The zero-order valence-electron chi connectivity index (χ0n) is 31.0. The first-order valence-corrected chi connectivity index (χ1v) is 20.1. The minimum absolute atomic E-state index is 0.000430. The average Bonchev–Trinajstić information content (AvgIpc) is 3.61. The lowest BCUT2D eigenvalue weighted by molar-refractivity contribution is -0.0418. The minimum Gasteiger partial charge on any atom is -0.456 e. The average molecular weight is 713 g/mol. The van der Waals surface area contributed by atoms with Crippen LogP contribution >= 0.6 is 0 Å². The van der Waals surface area contributed by atoms with Crippen molar-refractivity contribution in [1.82, 2.24) is 0 Å². The Kier molecular flexibility index (Phi) is 7.69. The molecule has 4 saturated carbocycles. The summed E-state index contributed by atoms with van der Waals surface area (Å²) in [5, 5.41) is 2.30. The van der Waals surface area contributed by atoms with Gasteiger partial charge in [0, 0.05) is 56.4 Å². The van der Waals surface area contributed by atoms with E-state index in [0.717, 1.165) is 50.8 Å². The van der Waals surface area contributed by atoms with E-state index in [4.69, 9.17) is 4.42 Å². The SMILES string of the molecule is c1ccc(N(c2ccccc2)c2ccc(C3(c4ccc(N(c5ccccc5)c5ccc6c(c5)oc5ccccc56)cc4)C4CC5CC(C4)CC3C5)cc2)cc1. The maximum Gasteiger partial charge on any atom is 0.137 e. The van der Waals surface area contributed by atoms with Crippen LogP contribution in [0.1, 0.15) is 43.2 Å². The van der Waals surface area contributed by atoms with Gasteiger partial charge < -0.3 is 14.2 Å². The summed E-state index contributed by atoms with van der Waals surface area (Å²) in [6, 6.07) is 66.6. The molecule has 1 heterocycles. The fraction of sp³-hybridized carbons (Fsp3) is 0.192. The highest BCUT2D eigenvalue weighted by Gasteiger charge is 2.58. The Bertz CT molecular complexity index is 2530. The minimum atomic E-state index is -0.000430. The van der Waals surface area contributed by atoms with E-state index in [-0.39, 0.29) is 5.41 Å². The van der Waals surface area contributed by atoms with Crippen LogP contribution in [0.2, 0.25) is 0 Å². The quantitative estimate of drug-likeness (QED) is 0.156. The molecule has 1 aromatic heterocycles. The van der Waals surface area contributed by atoms with Crippen molar-refractivity contribution >= 4 is 56.1 Å². The van der Waals surface area contributed by atoms with E-state index >= 15 is 0 Å². The second kappa shape index (κ2) is 13.1. The first-order chi connectivity index (χ1) is 27.2. The van der Waals surface area contributed by atoms with Crippen molar-refractivity contribution in [2.45, 2.75) is 37.5 Å². The Hall–Kier alpha value is -6.06. The van der Waals surface area contributed by atoms with Crippen molar-refractivity contribution in [3.05, 3.63) is 193 Å². The van der Waals surface area contributed by atoms with Gasteiger partial charge in [-0.25, -0.2) is 0 Å². The second-order valence-corrected chi connectivity index (χ2v) is 16.2. The Balaban J connectivity index is 1.01. The number of hydrogen-bond donors (Lipinski definition) is 0. The van der Waals surface area contributed by atoms with Crippen LogP contribution in [0.5, 0.6) is 0 Å². The van der Waals surface area contributed by atoms with Gasteiger partial charge in [-0.1, -0.05) is 97.1 Å². The Morgan fingerprint density at radius 3 is 1.27 bits per heavy atom. The number of nitrogens with zero attached hydrogens (tertiary/aromatic N) is 2. The van der Waals surface area contributed by atoms with Gasteiger partial charge in [0.1, 0.15) is 11.2 Å². The molecule has 0 radical (unpaired) electrons. The van der Waals surface area contributed by atoms with Crippen LogP contribution in [0.15, 0.2) is 186 Å². The summed E-state index contributed by atoms with van der Waals surface area (Å²) in [7, 11) is 0. The van der Waals surface area contributed by atoms with Gasteiger partial charge >= 0.3 is 0 Å². The Labute approximate surface area is 323 Å². The molecule has 12 rings (SSSR count). The summed E-state index contributed by atoms with van der Waals surface area (Å²) in [5.74, 6) is 3.06. The van der Waals surface area contributed by atoms with Crippen LogP contribution in [0.4, 0.5) is 34.1 Å². The van der Waals surface area contributed by atoms with Gasteiger partial charge in [-0.3, -0.25) is 0 Å². The summed E-state index contributed by atoms with van der Waals surface area (Å²) in [4.78, 5) is 4.75. The van der Waals surface area contributed by atoms with E-state index < -0.39 is 0 Å². The highest BCUT2D eigenvalue weighted by molar-refractivity contribution is 6.06. The van der Waals surface area contributed by atoms with Crippen molar-refractivity contribution in [1.29, 1.82) is 0 Å². The number of hydrogen-bond acceptors (Lipinski definition) is 3. The van der Waals surface area contributed by atoms with Gasteiger partial charge in [-0.05, 0) is 146 Å². The molecule has 0 amide bonds. The third kappa shape index (κ3) is 5.32. The van der Waals surface area contributed by atoms with Crippen LogP contribution < -0.4 is 9.80 Å². The van der Waals surface area contributed by atoms with Crippen molar-refractivity contribution in [2.24, 2.45) is 23.7 Å².